The van der Waals surface area contributed by atoms with Crippen LogP contribution in [-0.4, -0.2) is 22.1 Å². The fourth-order valence-electron chi connectivity index (χ4n) is 3.57. The molecule has 1 aromatic carbocycles. The first kappa shape index (κ1) is 19.2. The predicted molar refractivity (Wildman–Crippen MR) is 115 cm³/mol. The van der Waals surface area contributed by atoms with Gasteiger partial charge in [0.25, 0.3) is 5.56 Å². The van der Waals surface area contributed by atoms with Crippen LogP contribution in [0, 0.1) is 12.3 Å². The van der Waals surface area contributed by atoms with E-state index in [9.17, 15) is 9.59 Å². The smallest absolute Gasteiger partial charge is 0.262 e. The zero-order chi connectivity index (χ0) is 20.2. The summed E-state index contributed by atoms with van der Waals surface area (Å²) in [4.78, 5) is 31.9. The van der Waals surface area contributed by atoms with Gasteiger partial charge >= 0.3 is 0 Å². The van der Waals surface area contributed by atoms with Gasteiger partial charge < -0.3 is 10.1 Å². The Kier molecular flexibility index (Phi) is 5.63. The minimum absolute atomic E-state index is 0.0492. The predicted octanol–water partition coefficient (Wildman–Crippen LogP) is 3.38. The molecule has 2 heterocycles. The summed E-state index contributed by atoms with van der Waals surface area (Å²) < 4.78 is 6.90. The molecule has 0 saturated heterocycles. The summed E-state index contributed by atoms with van der Waals surface area (Å²) in [6.07, 6.45) is 11.2. The van der Waals surface area contributed by atoms with E-state index < -0.39 is 0 Å². The van der Waals surface area contributed by atoms with Crippen molar-refractivity contribution >= 4 is 33.1 Å². The number of ether oxygens (including phenoxy) is 1. The highest BCUT2D eigenvalue weighted by Crippen LogP contribution is 2.33. The van der Waals surface area contributed by atoms with Crippen LogP contribution in [0.5, 0.6) is 5.75 Å². The molecule has 0 unspecified atom stereocenters. The van der Waals surface area contributed by atoms with Gasteiger partial charge in [-0.1, -0.05) is 12.0 Å². The van der Waals surface area contributed by atoms with Gasteiger partial charge in [-0.15, -0.1) is 17.8 Å². The number of hydrogen-bond acceptors (Lipinski definition) is 5. The highest BCUT2D eigenvalue weighted by molar-refractivity contribution is 7.18. The van der Waals surface area contributed by atoms with Gasteiger partial charge in [0.15, 0.2) is 0 Å². The van der Waals surface area contributed by atoms with Crippen molar-refractivity contribution < 1.29 is 9.53 Å². The number of thiophene rings is 1. The van der Waals surface area contributed by atoms with Gasteiger partial charge in [-0.25, -0.2) is 4.98 Å². The lowest BCUT2D eigenvalue weighted by Crippen LogP contribution is -2.24. The maximum Gasteiger partial charge on any atom is 0.262 e. The summed E-state index contributed by atoms with van der Waals surface area (Å²) in [5.74, 6) is 2.81. The lowest BCUT2D eigenvalue weighted by atomic mass is 9.97. The third-order valence-electron chi connectivity index (χ3n) is 4.96. The fraction of sp³-hybridized carbons (Fsp3) is 0.318. The number of rotatable bonds is 6. The minimum atomic E-state index is -0.182. The van der Waals surface area contributed by atoms with E-state index in [4.69, 9.17) is 11.2 Å². The quantitative estimate of drug-likeness (QED) is 0.636. The van der Waals surface area contributed by atoms with Crippen molar-refractivity contribution in [1.82, 2.24) is 9.55 Å². The summed E-state index contributed by atoms with van der Waals surface area (Å²) in [6, 6.07) is 7.04. The summed E-state index contributed by atoms with van der Waals surface area (Å²) in [6.45, 7) is 0.452. The standard InChI is InChI=1S/C22H21N3O3S/c1-2-12-28-16-7-5-6-15(13-16)24-19(26)10-11-25-14-23-21-20(22(25)27)17-8-3-4-9-18(17)29-21/h1,5-7,13-14H,3-4,8-12H2,(H,24,26). The molecule has 0 spiro atoms. The molecule has 148 valence electrons. The Labute approximate surface area is 172 Å². The van der Waals surface area contributed by atoms with Crippen LogP contribution in [0.4, 0.5) is 5.69 Å². The van der Waals surface area contributed by atoms with Crippen LogP contribution < -0.4 is 15.6 Å². The van der Waals surface area contributed by atoms with Crippen molar-refractivity contribution in [2.75, 3.05) is 11.9 Å². The lowest BCUT2D eigenvalue weighted by Gasteiger charge is -2.11. The Morgan fingerprint density at radius 3 is 3.07 bits per heavy atom. The normalized spacial score (nSPS) is 12.9. The third kappa shape index (κ3) is 4.17. The Balaban J connectivity index is 1.44. The summed E-state index contributed by atoms with van der Waals surface area (Å²) >= 11 is 1.63. The van der Waals surface area contributed by atoms with Gasteiger partial charge in [0.1, 0.15) is 17.2 Å². The van der Waals surface area contributed by atoms with E-state index in [2.05, 4.69) is 16.2 Å². The number of nitrogens with zero attached hydrogens (tertiary/aromatic N) is 2. The lowest BCUT2D eigenvalue weighted by molar-refractivity contribution is -0.116. The van der Waals surface area contributed by atoms with Gasteiger partial charge in [-0.3, -0.25) is 14.2 Å². The zero-order valence-corrected chi connectivity index (χ0v) is 16.8. The van der Waals surface area contributed by atoms with E-state index >= 15 is 0 Å². The first-order valence-corrected chi connectivity index (χ1v) is 10.4. The van der Waals surface area contributed by atoms with E-state index in [1.165, 1.54) is 15.9 Å². The Morgan fingerprint density at radius 2 is 2.21 bits per heavy atom. The van der Waals surface area contributed by atoms with Crippen LogP contribution in [0.1, 0.15) is 29.7 Å². The number of amides is 1. The van der Waals surface area contributed by atoms with E-state index in [-0.39, 0.29) is 31.0 Å². The van der Waals surface area contributed by atoms with Crippen LogP contribution in [-0.2, 0) is 24.2 Å². The Hall–Kier alpha value is -3.11. The SMILES string of the molecule is C#CCOc1cccc(NC(=O)CCn2cnc3sc4c(c3c2=O)CCCC4)c1. The molecule has 0 atom stereocenters. The topological polar surface area (TPSA) is 73.2 Å². The molecule has 1 aliphatic carbocycles. The maximum atomic E-state index is 12.9. The molecule has 0 fully saturated rings. The van der Waals surface area contributed by atoms with Crippen molar-refractivity contribution in [3.63, 3.8) is 0 Å². The van der Waals surface area contributed by atoms with Crippen LogP contribution >= 0.6 is 11.3 Å². The van der Waals surface area contributed by atoms with Gasteiger partial charge in [0.05, 0.1) is 11.7 Å². The molecule has 2 aromatic heterocycles. The molecule has 1 aliphatic rings. The monoisotopic (exact) mass is 407 g/mol. The van der Waals surface area contributed by atoms with E-state index in [0.29, 0.717) is 11.4 Å². The summed E-state index contributed by atoms with van der Waals surface area (Å²) in [5.41, 5.74) is 1.74. The van der Waals surface area contributed by atoms with Crippen molar-refractivity contribution in [2.24, 2.45) is 0 Å². The number of benzene rings is 1. The second-order valence-electron chi connectivity index (χ2n) is 6.95. The third-order valence-corrected chi connectivity index (χ3v) is 6.16. The molecule has 0 radical (unpaired) electrons. The number of fused-ring (bicyclic) bond motifs is 3. The molecule has 0 saturated carbocycles. The zero-order valence-electron chi connectivity index (χ0n) is 15.9. The first-order valence-electron chi connectivity index (χ1n) is 9.61. The molecule has 7 heteroatoms. The van der Waals surface area contributed by atoms with Crippen molar-refractivity contribution in [3.05, 3.63) is 51.4 Å². The number of nitrogens with one attached hydrogen (secondary N) is 1. The molecule has 1 amide bonds. The van der Waals surface area contributed by atoms with E-state index in [0.717, 1.165) is 35.0 Å². The van der Waals surface area contributed by atoms with Crippen molar-refractivity contribution in [2.45, 2.75) is 38.6 Å². The molecular weight excluding hydrogens is 386 g/mol. The van der Waals surface area contributed by atoms with Crippen molar-refractivity contribution in [1.29, 1.82) is 0 Å². The van der Waals surface area contributed by atoms with Gasteiger partial charge in [0, 0.05) is 29.6 Å². The largest absolute Gasteiger partial charge is 0.481 e. The molecule has 4 rings (SSSR count). The Bertz CT molecular complexity index is 1160. The minimum Gasteiger partial charge on any atom is -0.481 e. The molecule has 29 heavy (non-hydrogen) atoms. The van der Waals surface area contributed by atoms with Gasteiger partial charge in [-0.2, -0.15) is 0 Å². The molecule has 6 nitrogen and oxygen atoms in total. The summed E-state index contributed by atoms with van der Waals surface area (Å²) in [7, 11) is 0. The highest BCUT2D eigenvalue weighted by Gasteiger charge is 2.20. The average molecular weight is 407 g/mol. The van der Waals surface area contributed by atoms with Crippen LogP contribution in [0.3, 0.4) is 0 Å². The van der Waals surface area contributed by atoms with Crippen LogP contribution in [0.2, 0.25) is 0 Å². The van der Waals surface area contributed by atoms with Gasteiger partial charge in [-0.05, 0) is 43.4 Å². The van der Waals surface area contributed by atoms with Crippen LogP contribution in [0.15, 0.2) is 35.4 Å². The first-order chi connectivity index (χ1) is 14.2. The number of terminal acetylenes is 1. The summed E-state index contributed by atoms with van der Waals surface area (Å²) in [5, 5.41) is 3.57. The second kappa shape index (κ2) is 8.50. The maximum absolute atomic E-state index is 12.9. The van der Waals surface area contributed by atoms with E-state index in [1.54, 1.807) is 41.9 Å². The number of aromatic nitrogens is 2. The average Bonchev–Trinajstić information content (AvgIpc) is 3.11. The molecule has 0 aliphatic heterocycles. The number of hydrogen-bond donors (Lipinski definition) is 1. The molecule has 0 bridgehead atoms. The number of anilines is 1. The van der Waals surface area contributed by atoms with Gasteiger partial charge in [0.2, 0.25) is 5.91 Å². The Morgan fingerprint density at radius 1 is 1.34 bits per heavy atom. The number of carbonyl (C=O) groups excluding carboxylic acids is 1. The van der Waals surface area contributed by atoms with Crippen molar-refractivity contribution in [3.8, 4) is 18.1 Å². The molecule has 3 aromatic rings. The number of aryl methyl sites for hydroxylation is 3. The highest BCUT2D eigenvalue weighted by atomic mass is 32.1. The van der Waals surface area contributed by atoms with Crippen LogP contribution in [0.25, 0.3) is 10.2 Å². The van der Waals surface area contributed by atoms with E-state index in [1.807, 2.05) is 0 Å². The number of carbonyl (C=O) groups is 1. The fourth-order valence-corrected chi connectivity index (χ4v) is 4.79. The molecule has 1 N–H and O–H groups in total. The second-order valence-corrected chi connectivity index (χ2v) is 8.04. The molecular formula is C22H21N3O3S.